The monoisotopic (exact) mass is 500 g/mol. The molecule has 0 spiro atoms. The van der Waals surface area contributed by atoms with E-state index in [-0.39, 0.29) is 38.8 Å². The van der Waals surface area contributed by atoms with Crippen LogP contribution in [0.25, 0.3) is 10.8 Å². The zero-order chi connectivity index (χ0) is 25.4. The highest BCUT2D eigenvalue weighted by Crippen LogP contribution is 2.36. The number of nitrogens with zero attached hydrogens (tertiary/aromatic N) is 6. The Bertz CT molecular complexity index is 1600. The Balaban J connectivity index is 1.49. The molecule has 0 atom stereocenters. The highest BCUT2D eigenvalue weighted by atomic mass is 32.2. The van der Waals surface area contributed by atoms with E-state index < -0.39 is 21.7 Å². The van der Waals surface area contributed by atoms with Gasteiger partial charge in [-0.05, 0) is 42.1 Å². The Kier molecular flexibility index (Phi) is 5.66. The van der Waals surface area contributed by atoms with Gasteiger partial charge in [-0.15, -0.1) is 0 Å². The van der Waals surface area contributed by atoms with E-state index >= 15 is 0 Å². The molecule has 5 rings (SSSR count). The highest BCUT2D eigenvalue weighted by Gasteiger charge is 2.34. The second kappa shape index (κ2) is 8.96. The first-order valence-electron chi connectivity index (χ1n) is 10.2. The number of amides is 2. The molecule has 12 nitrogen and oxygen atoms in total. The largest absolute Gasteiger partial charge is 0.283 e. The molecule has 0 aliphatic carbocycles. The summed E-state index contributed by atoms with van der Waals surface area (Å²) in [5.74, 6) is -1.53. The van der Waals surface area contributed by atoms with Crippen LogP contribution in [0.4, 0.5) is 11.4 Å². The molecular formula is C23H12N6O6S. The van der Waals surface area contributed by atoms with Crippen molar-refractivity contribution in [1.82, 2.24) is 15.0 Å². The van der Waals surface area contributed by atoms with E-state index in [4.69, 9.17) is 0 Å². The second-order valence-corrected chi connectivity index (χ2v) is 8.41. The van der Waals surface area contributed by atoms with Crippen LogP contribution in [0.3, 0.4) is 0 Å². The summed E-state index contributed by atoms with van der Waals surface area (Å²) in [7, 11) is 0. The first-order valence-corrected chi connectivity index (χ1v) is 11.0. The quantitative estimate of drug-likeness (QED) is 0.124. The van der Waals surface area contributed by atoms with Crippen molar-refractivity contribution in [1.29, 1.82) is 0 Å². The molecule has 0 bridgehead atoms. The van der Waals surface area contributed by atoms with Gasteiger partial charge in [-0.1, -0.05) is 12.1 Å². The van der Waals surface area contributed by atoms with Crippen molar-refractivity contribution in [3.63, 3.8) is 0 Å². The first-order chi connectivity index (χ1) is 17.3. The van der Waals surface area contributed by atoms with Crippen LogP contribution in [0.5, 0.6) is 0 Å². The van der Waals surface area contributed by atoms with Crippen molar-refractivity contribution in [2.75, 3.05) is 0 Å². The number of rotatable bonds is 6. The standard InChI is InChI=1S/C23H12N6O6S/c30-21-15-4-1-3-14-17(28(32)33)7-6-16(20(14)15)22(31)27(21)26-12-13-5-8-19(18(11-13)29(34)35)36-23-24-9-2-10-25-23/h1-12H. The number of imide groups is 1. The fourth-order valence-corrected chi connectivity index (χ4v) is 4.53. The summed E-state index contributed by atoms with van der Waals surface area (Å²) in [6.45, 7) is 0. The maximum atomic E-state index is 13.0. The van der Waals surface area contributed by atoms with Gasteiger partial charge in [0.2, 0.25) is 0 Å². The molecule has 0 fully saturated rings. The zero-order valence-corrected chi connectivity index (χ0v) is 18.8. The van der Waals surface area contributed by atoms with E-state index in [9.17, 15) is 29.8 Å². The zero-order valence-electron chi connectivity index (χ0n) is 18.0. The number of hydrogen-bond acceptors (Lipinski definition) is 10. The molecule has 13 heteroatoms. The fraction of sp³-hybridized carbons (Fsp3) is 0. The Labute approximate surface area is 205 Å². The Morgan fingerprint density at radius 3 is 2.25 bits per heavy atom. The van der Waals surface area contributed by atoms with Gasteiger partial charge in [-0.25, -0.2) is 9.97 Å². The van der Waals surface area contributed by atoms with Crippen LogP contribution < -0.4 is 0 Å². The van der Waals surface area contributed by atoms with Crippen LogP contribution in [-0.2, 0) is 0 Å². The van der Waals surface area contributed by atoms with Crippen molar-refractivity contribution in [3.8, 4) is 0 Å². The van der Waals surface area contributed by atoms with Gasteiger partial charge in [0.05, 0.1) is 37.5 Å². The molecule has 1 aliphatic heterocycles. The Morgan fingerprint density at radius 2 is 1.56 bits per heavy atom. The maximum Gasteiger partial charge on any atom is 0.283 e. The summed E-state index contributed by atoms with van der Waals surface area (Å²) < 4.78 is 0. The van der Waals surface area contributed by atoms with Crippen molar-refractivity contribution < 1.29 is 19.4 Å². The Morgan fingerprint density at radius 1 is 0.861 bits per heavy atom. The van der Waals surface area contributed by atoms with Crippen LogP contribution in [0.15, 0.2) is 82.1 Å². The number of carbonyl (C=O) groups excluding carboxylic acids is 2. The summed E-state index contributed by atoms with van der Waals surface area (Å²) in [6, 6.07) is 12.8. The molecule has 1 aliphatic rings. The smallest absolute Gasteiger partial charge is 0.267 e. The van der Waals surface area contributed by atoms with Gasteiger partial charge in [0.25, 0.3) is 23.2 Å². The highest BCUT2D eigenvalue weighted by molar-refractivity contribution is 7.99. The van der Waals surface area contributed by atoms with Gasteiger partial charge in [-0.3, -0.25) is 29.8 Å². The lowest BCUT2D eigenvalue weighted by Gasteiger charge is -2.22. The molecule has 0 N–H and O–H groups in total. The van der Waals surface area contributed by atoms with Gasteiger partial charge >= 0.3 is 0 Å². The summed E-state index contributed by atoms with van der Waals surface area (Å²) in [5, 5.41) is 28.3. The molecule has 36 heavy (non-hydrogen) atoms. The Hall–Kier alpha value is -5.04. The third-order valence-electron chi connectivity index (χ3n) is 5.31. The van der Waals surface area contributed by atoms with Gasteiger partial charge in [-0.2, -0.15) is 10.1 Å². The molecule has 1 aromatic heterocycles. The molecular weight excluding hydrogens is 488 g/mol. The van der Waals surface area contributed by atoms with Crippen LogP contribution in [0, 0.1) is 20.2 Å². The third kappa shape index (κ3) is 3.92. The SMILES string of the molecule is O=C1c2cccc3c([N+](=O)[O-])ccc(c23)C(=O)N1N=Cc1ccc(Sc2ncccn2)c([N+](=O)[O-])c1. The molecule has 0 unspecified atom stereocenters. The number of nitro groups is 2. The van der Waals surface area contributed by atoms with Crippen molar-refractivity contribution in [3.05, 3.63) is 104 Å². The average Bonchev–Trinajstić information content (AvgIpc) is 2.88. The number of aromatic nitrogens is 2. The summed E-state index contributed by atoms with van der Waals surface area (Å²) >= 11 is 1.02. The number of carbonyl (C=O) groups is 2. The number of benzene rings is 3. The summed E-state index contributed by atoms with van der Waals surface area (Å²) in [4.78, 5) is 56.3. The van der Waals surface area contributed by atoms with Crippen LogP contribution in [0.2, 0.25) is 0 Å². The minimum atomic E-state index is -0.766. The predicted molar refractivity (Wildman–Crippen MR) is 128 cm³/mol. The number of nitro benzene ring substituents is 2. The van der Waals surface area contributed by atoms with Crippen LogP contribution >= 0.6 is 11.8 Å². The molecule has 3 aromatic carbocycles. The lowest BCUT2D eigenvalue weighted by Crippen LogP contribution is -2.36. The summed E-state index contributed by atoms with van der Waals surface area (Å²) in [6.07, 6.45) is 4.20. The van der Waals surface area contributed by atoms with E-state index in [1.54, 1.807) is 12.1 Å². The lowest BCUT2D eigenvalue weighted by atomic mass is 9.94. The molecule has 0 saturated heterocycles. The minimum absolute atomic E-state index is 0.0866. The van der Waals surface area contributed by atoms with Gasteiger partial charge in [0.1, 0.15) is 0 Å². The first kappa shape index (κ1) is 22.7. The average molecular weight is 500 g/mol. The predicted octanol–water partition coefficient (Wildman–Crippen LogP) is 4.23. The van der Waals surface area contributed by atoms with E-state index in [2.05, 4.69) is 15.1 Å². The van der Waals surface area contributed by atoms with E-state index in [1.165, 1.54) is 54.9 Å². The van der Waals surface area contributed by atoms with Crippen molar-refractivity contribution in [2.24, 2.45) is 5.10 Å². The van der Waals surface area contributed by atoms with Gasteiger partial charge in [0.15, 0.2) is 5.16 Å². The van der Waals surface area contributed by atoms with E-state index in [0.29, 0.717) is 15.1 Å². The van der Waals surface area contributed by atoms with Crippen LogP contribution in [0.1, 0.15) is 26.3 Å². The lowest BCUT2D eigenvalue weighted by molar-refractivity contribution is -0.387. The molecule has 2 heterocycles. The van der Waals surface area contributed by atoms with Crippen molar-refractivity contribution >= 4 is 51.9 Å². The van der Waals surface area contributed by atoms with Gasteiger partial charge < -0.3 is 0 Å². The number of hydrogen-bond donors (Lipinski definition) is 0. The second-order valence-electron chi connectivity index (χ2n) is 7.40. The van der Waals surface area contributed by atoms with Crippen molar-refractivity contribution in [2.45, 2.75) is 10.1 Å². The third-order valence-corrected chi connectivity index (χ3v) is 6.26. The summed E-state index contributed by atoms with van der Waals surface area (Å²) in [5.41, 5.74) is -0.00476. The van der Waals surface area contributed by atoms with E-state index in [1.807, 2.05) is 0 Å². The molecule has 4 aromatic rings. The number of hydrazone groups is 1. The van der Waals surface area contributed by atoms with E-state index in [0.717, 1.165) is 18.0 Å². The van der Waals surface area contributed by atoms with Crippen LogP contribution in [-0.4, -0.2) is 42.9 Å². The molecule has 0 radical (unpaired) electrons. The normalized spacial score (nSPS) is 12.9. The number of non-ortho nitro benzene ring substituents is 1. The topological polar surface area (TPSA) is 162 Å². The van der Waals surface area contributed by atoms with Gasteiger partial charge in [0, 0.05) is 35.5 Å². The molecule has 176 valence electrons. The fourth-order valence-electron chi connectivity index (χ4n) is 3.74. The molecule has 0 saturated carbocycles. The maximum absolute atomic E-state index is 13.0. The molecule has 2 amide bonds. The minimum Gasteiger partial charge on any atom is -0.267 e.